The van der Waals surface area contributed by atoms with Crippen LogP contribution in [0, 0.1) is 18.3 Å². The van der Waals surface area contributed by atoms with Crippen molar-refractivity contribution in [2.24, 2.45) is 0 Å². The first-order valence-corrected chi connectivity index (χ1v) is 5.94. The summed E-state index contributed by atoms with van der Waals surface area (Å²) < 4.78 is 5.91. The fraction of sp³-hybridized carbons (Fsp3) is 0.214. The van der Waals surface area contributed by atoms with Crippen LogP contribution in [-0.4, -0.2) is 22.9 Å². The molecular formula is C14H13N3O3. The minimum atomic E-state index is -0.462. The Morgan fingerprint density at radius 2 is 2.05 bits per heavy atom. The summed E-state index contributed by atoms with van der Waals surface area (Å²) in [6.45, 7) is 1.72. The standard InChI is InChI=1S/C14H13N3O3/c1-9-12(7-13(18)20-2)14(19)17(16-9)11-5-3-10(8-15)4-6-11/h3-6,16H,7H2,1-2H3. The van der Waals surface area contributed by atoms with Gasteiger partial charge in [0.05, 0.1) is 36.4 Å². The number of nitriles is 1. The summed E-state index contributed by atoms with van der Waals surface area (Å²) in [5.41, 5.74) is 1.82. The zero-order valence-electron chi connectivity index (χ0n) is 11.1. The molecule has 0 saturated heterocycles. The van der Waals surface area contributed by atoms with Crippen LogP contribution in [0.2, 0.25) is 0 Å². The van der Waals surface area contributed by atoms with Gasteiger partial charge in [0, 0.05) is 5.69 Å². The molecule has 0 aliphatic heterocycles. The van der Waals surface area contributed by atoms with Gasteiger partial charge in [-0.2, -0.15) is 5.26 Å². The van der Waals surface area contributed by atoms with Gasteiger partial charge in [-0.05, 0) is 31.2 Å². The van der Waals surface area contributed by atoms with Crippen LogP contribution in [-0.2, 0) is 16.0 Å². The Balaban J connectivity index is 2.43. The molecule has 0 atom stereocenters. The Labute approximate surface area is 115 Å². The van der Waals surface area contributed by atoms with Crippen LogP contribution >= 0.6 is 0 Å². The lowest BCUT2D eigenvalue weighted by molar-refractivity contribution is -0.139. The molecule has 1 aromatic heterocycles. The van der Waals surface area contributed by atoms with Crippen LogP contribution in [0.5, 0.6) is 0 Å². The largest absolute Gasteiger partial charge is 0.469 e. The maximum atomic E-state index is 12.3. The molecule has 0 amide bonds. The van der Waals surface area contributed by atoms with Gasteiger partial charge in [-0.25, -0.2) is 4.68 Å². The van der Waals surface area contributed by atoms with Crippen molar-refractivity contribution < 1.29 is 9.53 Å². The molecule has 0 saturated carbocycles. The van der Waals surface area contributed by atoms with Crippen molar-refractivity contribution in [2.75, 3.05) is 7.11 Å². The number of aromatic nitrogens is 2. The van der Waals surface area contributed by atoms with Gasteiger partial charge >= 0.3 is 5.97 Å². The van der Waals surface area contributed by atoms with E-state index in [4.69, 9.17) is 5.26 Å². The number of ether oxygens (including phenoxy) is 1. The van der Waals surface area contributed by atoms with Gasteiger partial charge in [-0.3, -0.25) is 14.7 Å². The summed E-state index contributed by atoms with van der Waals surface area (Å²) in [5.74, 6) is -0.462. The van der Waals surface area contributed by atoms with Crippen molar-refractivity contribution in [3.63, 3.8) is 0 Å². The maximum absolute atomic E-state index is 12.3. The molecule has 1 heterocycles. The fourth-order valence-corrected chi connectivity index (χ4v) is 1.87. The quantitative estimate of drug-likeness (QED) is 0.845. The zero-order valence-corrected chi connectivity index (χ0v) is 11.1. The Kier molecular flexibility index (Phi) is 3.71. The highest BCUT2D eigenvalue weighted by atomic mass is 16.5. The molecule has 0 bridgehead atoms. The molecule has 1 N–H and O–H groups in total. The summed E-state index contributed by atoms with van der Waals surface area (Å²) >= 11 is 0. The van der Waals surface area contributed by atoms with Gasteiger partial charge in [0.25, 0.3) is 5.56 Å². The monoisotopic (exact) mass is 271 g/mol. The molecule has 0 unspecified atom stereocenters. The minimum Gasteiger partial charge on any atom is -0.469 e. The van der Waals surface area contributed by atoms with Gasteiger partial charge in [-0.15, -0.1) is 0 Å². The summed E-state index contributed by atoms with van der Waals surface area (Å²) in [4.78, 5) is 23.5. The number of aryl methyl sites for hydroxylation is 1. The average Bonchev–Trinajstić information content (AvgIpc) is 2.75. The van der Waals surface area contributed by atoms with Crippen LogP contribution in [0.25, 0.3) is 5.69 Å². The van der Waals surface area contributed by atoms with E-state index in [9.17, 15) is 9.59 Å². The van der Waals surface area contributed by atoms with Crippen molar-refractivity contribution >= 4 is 5.97 Å². The molecule has 2 rings (SSSR count). The molecule has 20 heavy (non-hydrogen) atoms. The molecule has 0 fully saturated rings. The van der Waals surface area contributed by atoms with Crippen molar-refractivity contribution in [1.29, 1.82) is 5.26 Å². The van der Waals surface area contributed by atoms with Crippen molar-refractivity contribution in [1.82, 2.24) is 9.78 Å². The van der Waals surface area contributed by atoms with E-state index in [1.807, 2.05) is 6.07 Å². The third-order valence-corrected chi connectivity index (χ3v) is 3.00. The van der Waals surface area contributed by atoms with Gasteiger partial charge in [0.1, 0.15) is 0 Å². The third-order valence-electron chi connectivity index (χ3n) is 3.00. The predicted octanol–water partition coefficient (Wildman–Crippen LogP) is 1.06. The molecule has 0 radical (unpaired) electrons. The first-order chi connectivity index (χ1) is 9.56. The van der Waals surface area contributed by atoms with Gasteiger partial charge in [-0.1, -0.05) is 0 Å². The Morgan fingerprint density at radius 1 is 1.40 bits per heavy atom. The zero-order chi connectivity index (χ0) is 14.7. The summed E-state index contributed by atoms with van der Waals surface area (Å²) in [6, 6.07) is 8.59. The molecule has 0 spiro atoms. The number of aromatic amines is 1. The van der Waals surface area contributed by atoms with E-state index in [0.29, 0.717) is 22.5 Å². The highest BCUT2D eigenvalue weighted by molar-refractivity contribution is 5.72. The second-order valence-corrected chi connectivity index (χ2v) is 4.27. The summed E-state index contributed by atoms with van der Waals surface area (Å²) in [7, 11) is 1.28. The maximum Gasteiger partial charge on any atom is 0.310 e. The fourth-order valence-electron chi connectivity index (χ4n) is 1.87. The van der Waals surface area contributed by atoms with Crippen molar-refractivity contribution in [3.05, 3.63) is 51.4 Å². The number of nitrogens with one attached hydrogen (secondary N) is 1. The first-order valence-electron chi connectivity index (χ1n) is 5.94. The van der Waals surface area contributed by atoms with Crippen LogP contribution < -0.4 is 5.56 Å². The number of carbonyl (C=O) groups excluding carboxylic acids is 1. The Bertz CT molecular complexity index is 733. The molecular weight excluding hydrogens is 258 g/mol. The minimum absolute atomic E-state index is 0.0685. The predicted molar refractivity (Wildman–Crippen MR) is 71.6 cm³/mol. The lowest BCUT2D eigenvalue weighted by Crippen LogP contribution is -2.19. The SMILES string of the molecule is COC(=O)Cc1c(C)[nH]n(-c2ccc(C#N)cc2)c1=O. The normalized spacial score (nSPS) is 10.1. The summed E-state index contributed by atoms with van der Waals surface area (Å²) in [6.07, 6.45) is -0.0685. The summed E-state index contributed by atoms with van der Waals surface area (Å²) in [5, 5.41) is 11.7. The molecule has 102 valence electrons. The third kappa shape index (κ3) is 2.47. The number of hydrogen-bond acceptors (Lipinski definition) is 4. The lowest BCUT2D eigenvalue weighted by Gasteiger charge is -2.00. The van der Waals surface area contributed by atoms with E-state index in [2.05, 4.69) is 9.84 Å². The highest BCUT2D eigenvalue weighted by Gasteiger charge is 2.15. The lowest BCUT2D eigenvalue weighted by atomic mass is 10.2. The van der Waals surface area contributed by atoms with Crippen molar-refractivity contribution in [2.45, 2.75) is 13.3 Å². The number of H-pyrrole nitrogens is 1. The van der Waals surface area contributed by atoms with Crippen LogP contribution in [0.15, 0.2) is 29.1 Å². The van der Waals surface area contributed by atoms with Gasteiger partial charge in [0.2, 0.25) is 0 Å². The van der Waals surface area contributed by atoms with E-state index in [1.54, 1.807) is 31.2 Å². The molecule has 1 aromatic carbocycles. The number of nitrogens with zero attached hydrogens (tertiary/aromatic N) is 2. The number of esters is 1. The number of carbonyl (C=O) groups is 1. The van der Waals surface area contributed by atoms with E-state index in [-0.39, 0.29) is 12.0 Å². The number of methoxy groups -OCH3 is 1. The Hall–Kier alpha value is -2.81. The van der Waals surface area contributed by atoms with Crippen LogP contribution in [0.4, 0.5) is 0 Å². The Morgan fingerprint density at radius 3 is 2.60 bits per heavy atom. The first kappa shape index (κ1) is 13.6. The van der Waals surface area contributed by atoms with E-state index in [0.717, 1.165) is 0 Å². The van der Waals surface area contributed by atoms with Crippen molar-refractivity contribution in [3.8, 4) is 11.8 Å². The number of benzene rings is 1. The smallest absolute Gasteiger partial charge is 0.310 e. The van der Waals surface area contributed by atoms with Gasteiger partial charge < -0.3 is 4.74 Å². The second-order valence-electron chi connectivity index (χ2n) is 4.27. The second kappa shape index (κ2) is 5.45. The van der Waals surface area contributed by atoms with E-state index >= 15 is 0 Å². The average molecular weight is 271 g/mol. The molecule has 0 aliphatic carbocycles. The molecule has 6 heteroatoms. The van der Waals surface area contributed by atoms with Crippen LogP contribution in [0.1, 0.15) is 16.8 Å². The van der Waals surface area contributed by atoms with E-state index in [1.165, 1.54) is 11.8 Å². The number of hydrogen-bond donors (Lipinski definition) is 1. The highest BCUT2D eigenvalue weighted by Crippen LogP contribution is 2.09. The number of rotatable bonds is 3. The molecule has 2 aromatic rings. The van der Waals surface area contributed by atoms with E-state index < -0.39 is 5.97 Å². The van der Waals surface area contributed by atoms with Gasteiger partial charge in [0.15, 0.2) is 0 Å². The van der Waals surface area contributed by atoms with Crippen LogP contribution in [0.3, 0.4) is 0 Å². The topological polar surface area (TPSA) is 87.9 Å². The molecule has 0 aliphatic rings. The molecule has 6 nitrogen and oxygen atoms in total.